The highest BCUT2D eigenvalue weighted by Gasteiger charge is 2.20. The number of nitrogens with zero attached hydrogens (tertiary/aromatic N) is 3. The molecular formula is C20H23N3O5. The quantitative estimate of drug-likeness (QED) is 0.594. The molecule has 3 aromatic rings. The maximum atomic E-state index is 12.8. The van der Waals surface area contributed by atoms with E-state index in [0.29, 0.717) is 22.4 Å². The van der Waals surface area contributed by atoms with Crippen LogP contribution < -0.4 is 0 Å². The van der Waals surface area contributed by atoms with Gasteiger partial charge in [0.2, 0.25) is 5.76 Å². The van der Waals surface area contributed by atoms with Gasteiger partial charge >= 0.3 is 11.9 Å². The highest BCUT2D eigenvalue weighted by molar-refractivity contribution is 6.02. The van der Waals surface area contributed by atoms with Crippen molar-refractivity contribution in [3.63, 3.8) is 0 Å². The maximum absolute atomic E-state index is 12.8. The lowest BCUT2D eigenvalue weighted by Gasteiger charge is -2.11. The molecule has 0 aliphatic rings. The van der Waals surface area contributed by atoms with Crippen LogP contribution in [0.25, 0.3) is 11.0 Å². The maximum Gasteiger partial charge on any atom is 0.373 e. The second-order valence-corrected chi connectivity index (χ2v) is 7.00. The monoisotopic (exact) mass is 385 g/mol. The number of methoxy groups -OCH3 is 1. The zero-order valence-electron chi connectivity index (χ0n) is 16.6. The van der Waals surface area contributed by atoms with Crippen LogP contribution in [0.3, 0.4) is 0 Å². The summed E-state index contributed by atoms with van der Waals surface area (Å²) in [7, 11) is 1.27. The van der Waals surface area contributed by atoms with Crippen molar-refractivity contribution in [1.82, 2.24) is 14.8 Å². The van der Waals surface area contributed by atoms with E-state index in [1.54, 1.807) is 23.0 Å². The fourth-order valence-electron chi connectivity index (χ4n) is 2.76. The van der Waals surface area contributed by atoms with E-state index in [1.807, 2.05) is 27.7 Å². The van der Waals surface area contributed by atoms with E-state index < -0.39 is 11.9 Å². The fourth-order valence-corrected chi connectivity index (χ4v) is 2.76. The van der Waals surface area contributed by atoms with Gasteiger partial charge in [-0.05, 0) is 38.0 Å². The average molecular weight is 385 g/mol. The van der Waals surface area contributed by atoms with Crippen molar-refractivity contribution in [2.75, 3.05) is 7.11 Å². The lowest BCUT2D eigenvalue weighted by molar-refractivity contribution is 0.0440. The molecule has 0 saturated carbocycles. The van der Waals surface area contributed by atoms with Gasteiger partial charge in [0, 0.05) is 11.7 Å². The Kier molecular flexibility index (Phi) is 5.48. The number of ether oxygens (including phenoxy) is 2. The summed E-state index contributed by atoms with van der Waals surface area (Å²) >= 11 is 0. The second kappa shape index (κ2) is 7.84. The number of hydrogen-bond donors (Lipinski definition) is 0. The summed E-state index contributed by atoms with van der Waals surface area (Å²) < 4.78 is 17.1. The van der Waals surface area contributed by atoms with Crippen LogP contribution in [0.15, 0.2) is 28.8 Å². The van der Waals surface area contributed by atoms with E-state index in [2.05, 4.69) is 14.8 Å². The van der Waals surface area contributed by atoms with Crippen LogP contribution in [0.1, 0.15) is 72.0 Å². The smallest absolute Gasteiger partial charge is 0.373 e. The van der Waals surface area contributed by atoms with Gasteiger partial charge in [0.1, 0.15) is 12.4 Å². The first-order valence-electron chi connectivity index (χ1n) is 9.04. The number of fused-ring (bicyclic) bond motifs is 1. The molecule has 3 aromatic heterocycles. The van der Waals surface area contributed by atoms with Gasteiger partial charge in [-0.1, -0.05) is 13.8 Å². The van der Waals surface area contributed by atoms with Gasteiger partial charge in [-0.15, -0.1) is 0 Å². The van der Waals surface area contributed by atoms with Crippen LogP contribution in [-0.4, -0.2) is 33.8 Å². The van der Waals surface area contributed by atoms with Gasteiger partial charge in [-0.3, -0.25) is 0 Å². The third-order valence-corrected chi connectivity index (χ3v) is 4.28. The van der Waals surface area contributed by atoms with E-state index in [-0.39, 0.29) is 24.3 Å². The highest BCUT2D eigenvalue weighted by Crippen LogP contribution is 2.25. The van der Waals surface area contributed by atoms with Crippen molar-refractivity contribution in [2.24, 2.45) is 0 Å². The predicted molar refractivity (Wildman–Crippen MR) is 101 cm³/mol. The summed E-state index contributed by atoms with van der Waals surface area (Å²) in [6.45, 7) is 7.93. The van der Waals surface area contributed by atoms with Crippen LogP contribution in [0.4, 0.5) is 0 Å². The SMILES string of the molecule is COC(=O)c1ccc(COC(=O)c2cc(C(C)C)nc3c2cnn3C(C)C)o1. The molecule has 0 spiro atoms. The van der Waals surface area contributed by atoms with Crippen LogP contribution in [0.5, 0.6) is 0 Å². The van der Waals surface area contributed by atoms with Crippen LogP contribution in [-0.2, 0) is 16.1 Å². The van der Waals surface area contributed by atoms with Gasteiger partial charge in [0.05, 0.1) is 24.3 Å². The standard InChI is InChI=1S/C20H23N3O5/c1-11(2)16-8-14(15-9-21-23(12(3)4)18(15)22-16)19(24)27-10-13-6-7-17(28-13)20(25)26-5/h6-9,11-12H,10H2,1-5H3. The van der Waals surface area contributed by atoms with Gasteiger partial charge in [0.15, 0.2) is 5.65 Å². The Bertz CT molecular complexity index is 1020. The minimum absolute atomic E-state index is 0.0557. The Morgan fingerprint density at radius 1 is 1.18 bits per heavy atom. The van der Waals surface area contributed by atoms with Crippen molar-refractivity contribution in [2.45, 2.75) is 46.3 Å². The second-order valence-electron chi connectivity index (χ2n) is 7.00. The van der Waals surface area contributed by atoms with Crippen molar-refractivity contribution in [3.8, 4) is 0 Å². The van der Waals surface area contributed by atoms with Crippen molar-refractivity contribution >= 4 is 23.0 Å². The molecule has 0 fully saturated rings. The van der Waals surface area contributed by atoms with Gasteiger partial charge in [-0.25, -0.2) is 19.3 Å². The van der Waals surface area contributed by atoms with E-state index >= 15 is 0 Å². The topological polar surface area (TPSA) is 96.5 Å². The van der Waals surface area contributed by atoms with E-state index in [0.717, 1.165) is 5.69 Å². The molecule has 0 amide bonds. The molecule has 8 heteroatoms. The number of aromatic nitrogens is 3. The molecular weight excluding hydrogens is 362 g/mol. The van der Waals surface area contributed by atoms with Crippen LogP contribution >= 0.6 is 0 Å². The minimum Gasteiger partial charge on any atom is -0.463 e. The van der Waals surface area contributed by atoms with E-state index in [9.17, 15) is 9.59 Å². The van der Waals surface area contributed by atoms with Crippen molar-refractivity contribution < 1.29 is 23.5 Å². The largest absolute Gasteiger partial charge is 0.463 e. The molecule has 3 rings (SSSR count). The average Bonchev–Trinajstić information content (AvgIpc) is 3.31. The zero-order chi connectivity index (χ0) is 20.4. The minimum atomic E-state index is -0.587. The molecule has 0 aliphatic heterocycles. The Morgan fingerprint density at radius 2 is 1.93 bits per heavy atom. The van der Waals surface area contributed by atoms with Gasteiger partial charge < -0.3 is 13.9 Å². The van der Waals surface area contributed by atoms with Gasteiger partial charge in [0.25, 0.3) is 0 Å². The summed E-state index contributed by atoms with van der Waals surface area (Å²) in [5, 5.41) is 5.00. The summed E-state index contributed by atoms with van der Waals surface area (Å²) in [6.07, 6.45) is 1.63. The summed E-state index contributed by atoms with van der Waals surface area (Å²) in [4.78, 5) is 28.9. The molecule has 0 aliphatic carbocycles. The summed E-state index contributed by atoms with van der Waals surface area (Å²) in [5.74, 6) is -0.551. The normalized spacial score (nSPS) is 11.4. The lowest BCUT2D eigenvalue weighted by Crippen LogP contribution is -2.10. The third-order valence-electron chi connectivity index (χ3n) is 4.28. The molecule has 0 radical (unpaired) electrons. The molecule has 0 saturated heterocycles. The molecule has 0 unspecified atom stereocenters. The number of hydrogen-bond acceptors (Lipinski definition) is 7. The molecule has 0 aromatic carbocycles. The Balaban J connectivity index is 1.88. The van der Waals surface area contributed by atoms with E-state index in [4.69, 9.17) is 9.15 Å². The number of carbonyl (C=O) groups is 2. The van der Waals surface area contributed by atoms with Crippen LogP contribution in [0, 0.1) is 0 Å². The molecule has 0 N–H and O–H groups in total. The zero-order valence-corrected chi connectivity index (χ0v) is 16.6. The first-order valence-corrected chi connectivity index (χ1v) is 9.04. The molecule has 3 heterocycles. The lowest BCUT2D eigenvalue weighted by atomic mass is 10.1. The first-order chi connectivity index (χ1) is 13.3. The Hall–Kier alpha value is -3.16. The highest BCUT2D eigenvalue weighted by atomic mass is 16.5. The Morgan fingerprint density at radius 3 is 2.57 bits per heavy atom. The van der Waals surface area contributed by atoms with Gasteiger partial charge in [-0.2, -0.15) is 5.10 Å². The molecule has 0 bridgehead atoms. The van der Waals surface area contributed by atoms with E-state index in [1.165, 1.54) is 13.2 Å². The summed E-state index contributed by atoms with van der Waals surface area (Å²) in [5.41, 5.74) is 1.84. The molecule has 0 atom stereocenters. The van der Waals surface area contributed by atoms with Crippen molar-refractivity contribution in [3.05, 3.63) is 47.2 Å². The fraction of sp³-hybridized carbons (Fsp3) is 0.400. The van der Waals surface area contributed by atoms with Crippen molar-refractivity contribution in [1.29, 1.82) is 0 Å². The number of pyridine rings is 1. The number of carbonyl (C=O) groups excluding carboxylic acids is 2. The molecule has 8 nitrogen and oxygen atoms in total. The summed E-state index contributed by atoms with van der Waals surface area (Å²) in [6, 6.07) is 4.89. The number of furan rings is 1. The molecule has 28 heavy (non-hydrogen) atoms. The third kappa shape index (κ3) is 3.76. The first kappa shape index (κ1) is 19.6. The predicted octanol–water partition coefficient (Wildman–Crippen LogP) is 3.87. The molecule has 148 valence electrons. The van der Waals surface area contributed by atoms with Crippen LogP contribution in [0.2, 0.25) is 0 Å². The number of esters is 2. The number of rotatable bonds is 6. The Labute approximate surface area is 162 Å².